The van der Waals surface area contributed by atoms with Crippen molar-refractivity contribution in [2.75, 3.05) is 0 Å². The molecular weight excluding hydrogens is 280 g/mol. The Morgan fingerprint density at radius 2 is 1.76 bits per heavy atom. The molecule has 3 nitrogen and oxygen atoms in total. The third kappa shape index (κ3) is 4.35. The van der Waals surface area contributed by atoms with E-state index in [0.29, 0.717) is 5.03 Å². The van der Waals surface area contributed by atoms with E-state index >= 15 is 0 Å². The Morgan fingerprint density at radius 1 is 1.19 bits per heavy atom. The highest BCUT2D eigenvalue weighted by Gasteiger charge is 2.20. The maximum atomic E-state index is 12.5. The van der Waals surface area contributed by atoms with E-state index in [1.54, 1.807) is 6.20 Å². The average Bonchev–Trinajstić information content (AvgIpc) is 2.49. The lowest BCUT2D eigenvalue weighted by Gasteiger charge is -2.23. The number of nitrogens with zero attached hydrogens (tertiary/aromatic N) is 1. The molecule has 0 aliphatic heterocycles. The van der Waals surface area contributed by atoms with Gasteiger partial charge in [-0.3, -0.25) is 0 Å². The van der Waals surface area contributed by atoms with Crippen molar-refractivity contribution in [3.8, 4) is 0 Å². The normalized spacial score (nSPS) is 12.7. The van der Waals surface area contributed by atoms with E-state index < -0.39 is 11.0 Å². The number of benzene rings is 1. The molecule has 1 unspecified atom stereocenters. The Labute approximate surface area is 130 Å². The smallest absolute Gasteiger partial charge is 0.150 e. The first-order chi connectivity index (χ1) is 9.94. The number of rotatable bonds is 4. The molecule has 0 aliphatic carbocycles. The minimum Gasteiger partial charge on any atom is -0.245 e. The van der Waals surface area contributed by atoms with Gasteiger partial charge in [0.15, 0.2) is 0 Å². The predicted octanol–water partition coefficient (Wildman–Crippen LogP) is 4.37. The van der Waals surface area contributed by atoms with Gasteiger partial charge in [-0.15, -0.1) is 0 Å². The second-order valence-electron chi connectivity index (χ2n) is 5.40. The van der Waals surface area contributed by atoms with E-state index in [2.05, 4.69) is 16.6 Å². The van der Waals surface area contributed by atoms with Gasteiger partial charge >= 0.3 is 0 Å². The lowest BCUT2D eigenvalue weighted by atomic mass is 10.0. The van der Waals surface area contributed by atoms with E-state index in [9.17, 15) is 4.21 Å². The van der Waals surface area contributed by atoms with Gasteiger partial charge in [0.05, 0.1) is 0 Å². The topological polar surface area (TPSA) is 42.0 Å². The Bertz CT molecular complexity index is 623. The van der Waals surface area contributed by atoms with Crippen LogP contribution < -0.4 is 4.72 Å². The summed E-state index contributed by atoms with van der Waals surface area (Å²) in [7, 11) is -1.30. The van der Waals surface area contributed by atoms with Crippen LogP contribution in [0.1, 0.15) is 46.6 Å². The highest BCUT2D eigenvalue weighted by atomic mass is 32.2. The SMILES string of the molecule is CC.CCC(C)(C)NS(=O)c1ncc(C)c2ccccc12. The molecule has 0 amide bonds. The van der Waals surface area contributed by atoms with Gasteiger partial charge in [0.25, 0.3) is 0 Å². The highest BCUT2D eigenvalue weighted by molar-refractivity contribution is 7.83. The molecule has 0 spiro atoms. The zero-order valence-electron chi connectivity index (χ0n) is 13.9. The lowest BCUT2D eigenvalue weighted by molar-refractivity contribution is 0.454. The molecule has 1 atom stereocenters. The molecule has 0 radical (unpaired) electrons. The van der Waals surface area contributed by atoms with Crippen molar-refractivity contribution in [1.29, 1.82) is 0 Å². The molecule has 2 rings (SSSR count). The summed E-state index contributed by atoms with van der Waals surface area (Å²) in [5, 5.41) is 2.68. The first-order valence-electron chi connectivity index (χ1n) is 7.48. The summed E-state index contributed by atoms with van der Waals surface area (Å²) in [5.74, 6) is 0. The van der Waals surface area contributed by atoms with Crippen LogP contribution in [0.2, 0.25) is 0 Å². The molecule has 4 heteroatoms. The van der Waals surface area contributed by atoms with Gasteiger partial charge in [-0.05, 0) is 38.1 Å². The molecule has 1 aromatic carbocycles. The Balaban J connectivity index is 0.00000106. The van der Waals surface area contributed by atoms with Crippen molar-refractivity contribution in [1.82, 2.24) is 9.71 Å². The molecule has 1 heterocycles. The van der Waals surface area contributed by atoms with Crippen molar-refractivity contribution in [3.63, 3.8) is 0 Å². The molecule has 2 aromatic rings. The fourth-order valence-electron chi connectivity index (χ4n) is 1.83. The standard InChI is InChI=1S/C15H20N2OS.C2H6/c1-5-15(3,4)17-19(18)14-13-9-7-6-8-12(13)11(2)10-16-14;1-2/h6-10,17H,5H2,1-4H3;1-2H3. The Kier molecular flexibility index (Phi) is 6.49. The monoisotopic (exact) mass is 306 g/mol. The summed E-state index contributed by atoms with van der Waals surface area (Å²) < 4.78 is 15.6. The van der Waals surface area contributed by atoms with Crippen LogP contribution in [0.25, 0.3) is 10.8 Å². The van der Waals surface area contributed by atoms with Gasteiger partial charge in [-0.1, -0.05) is 45.0 Å². The zero-order valence-corrected chi connectivity index (χ0v) is 14.7. The Hall–Kier alpha value is -1.26. The van der Waals surface area contributed by atoms with Crippen molar-refractivity contribution in [3.05, 3.63) is 36.0 Å². The van der Waals surface area contributed by atoms with Crippen LogP contribution in [0, 0.1) is 6.92 Å². The van der Waals surface area contributed by atoms with Crippen molar-refractivity contribution < 1.29 is 4.21 Å². The summed E-state index contributed by atoms with van der Waals surface area (Å²) >= 11 is 0. The van der Waals surface area contributed by atoms with Crippen molar-refractivity contribution in [2.24, 2.45) is 0 Å². The second-order valence-corrected chi connectivity index (χ2v) is 6.53. The van der Waals surface area contributed by atoms with Gasteiger partial charge < -0.3 is 0 Å². The number of aryl methyl sites for hydroxylation is 1. The van der Waals surface area contributed by atoms with Gasteiger partial charge in [-0.25, -0.2) is 13.9 Å². The maximum Gasteiger partial charge on any atom is 0.150 e. The zero-order chi connectivity index (χ0) is 16.0. The van der Waals surface area contributed by atoms with Crippen molar-refractivity contribution in [2.45, 2.75) is 58.5 Å². The molecule has 1 N–H and O–H groups in total. The number of pyridine rings is 1. The number of fused-ring (bicyclic) bond motifs is 1. The first-order valence-corrected chi connectivity index (χ1v) is 8.63. The quantitative estimate of drug-likeness (QED) is 0.911. The third-order valence-corrected chi connectivity index (χ3v) is 4.80. The van der Waals surface area contributed by atoms with Crippen LogP contribution in [0.4, 0.5) is 0 Å². The first kappa shape index (κ1) is 17.8. The van der Waals surface area contributed by atoms with Crippen LogP contribution in [0.3, 0.4) is 0 Å². The summed E-state index contributed by atoms with van der Waals surface area (Å²) in [6.07, 6.45) is 2.69. The number of nitrogens with one attached hydrogen (secondary N) is 1. The molecule has 0 fully saturated rings. The average molecular weight is 306 g/mol. The molecule has 0 aliphatic rings. The van der Waals surface area contributed by atoms with Gasteiger partial charge in [0, 0.05) is 17.1 Å². The Morgan fingerprint density at radius 3 is 2.33 bits per heavy atom. The molecule has 0 bridgehead atoms. The third-order valence-electron chi connectivity index (χ3n) is 3.39. The molecule has 21 heavy (non-hydrogen) atoms. The summed E-state index contributed by atoms with van der Waals surface area (Å²) in [4.78, 5) is 4.36. The summed E-state index contributed by atoms with van der Waals surface area (Å²) in [6.45, 7) is 12.2. The van der Waals surface area contributed by atoms with Crippen LogP contribution in [0.5, 0.6) is 0 Å². The summed E-state index contributed by atoms with van der Waals surface area (Å²) in [6, 6.07) is 7.96. The van der Waals surface area contributed by atoms with E-state index in [4.69, 9.17) is 0 Å². The second kappa shape index (κ2) is 7.66. The predicted molar refractivity (Wildman–Crippen MR) is 91.7 cm³/mol. The van der Waals surface area contributed by atoms with E-state index in [1.165, 1.54) is 0 Å². The van der Waals surface area contributed by atoms with Crippen LogP contribution in [-0.4, -0.2) is 14.7 Å². The number of hydrogen-bond donors (Lipinski definition) is 1. The summed E-state index contributed by atoms with van der Waals surface area (Å²) in [5.41, 5.74) is 0.935. The van der Waals surface area contributed by atoms with Crippen LogP contribution in [0.15, 0.2) is 35.5 Å². The highest BCUT2D eigenvalue weighted by Crippen LogP contribution is 2.23. The van der Waals surface area contributed by atoms with E-state index in [0.717, 1.165) is 22.8 Å². The van der Waals surface area contributed by atoms with E-state index in [1.807, 2.05) is 58.9 Å². The van der Waals surface area contributed by atoms with E-state index in [-0.39, 0.29) is 5.54 Å². The van der Waals surface area contributed by atoms with Gasteiger partial charge in [0.2, 0.25) is 0 Å². The molecular formula is C17H26N2OS. The number of aromatic nitrogens is 1. The molecule has 116 valence electrons. The molecule has 0 saturated heterocycles. The fourth-order valence-corrected chi connectivity index (χ4v) is 3.10. The van der Waals surface area contributed by atoms with Gasteiger partial charge in [0.1, 0.15) is 16.0 Å². The lowest BCUT2D eigenvalue weighted by Crippen LogP contribution is -2.39. The maximum absolute atomic E-state index is 12.5. The number of hydrogen-bond acceptors (Lipinski definition) is 2. The van der Waals surface area contributed by atoms with Crippen molar-refractivity contribution >= 4 is 21.8 Å². The minimum absolute atomic E-state index is 0.168. The molecule has 1 aromatic heterocycles. The largest absolute Gasteiger partial charge is 0.245 e. The minimum atomic E-state index is -1.30. The fraction of sp³-hybridized carbons (Fsp3) is 0.471. The van der Waals surface area contributed by atoms with Gasteiger partial charge in [-0.2, -0.15) is 0 Å². The van der Waals surface area contributed by atoms with Crippen LogP contribution >= 0.6 is 0 Å². The molecule has 0 saturated carbocycles. The van der Waals surface area contributed by atoms with Crippen LogP contribution in [-0.2, 0) is 11.0 Å².